The highest BCUT2D eigenvalue weighted by Gasteiger charge is 2.51. The summed E-state index contributed by atoms with van der Waals surface area (Å²) >= 11 is 12.1. The SMILES string of the molecule is CCCS(=O)(=O)N1CCC2(CC1)c1ccccc1CC2NC(=O)c1c(F)cccc1F.CCCS(=O)(=O)N1CCC2(CC1)c1ccccc1CC2NC(=O)c1ccc(Cl)c(Cl)c1. The molecular formula is C46H52Cl2F2N4O6S2. The van der Waals surface area contributed by atoms with Gasteiger partial charge in [-0.05, 0) is 104 Å². The number of sulfonamides is 2. The van der Waals surface area contributed by atoms with Gasteiger partial charge in [0.1, 0.15) is 17.2 Å². The van der Waals surface area contributed by atoms with Crippen molar-refractivity contribution in [3.63, 3.8) is 0 Å². The number of fused-ring (bicyclic) bond motifs is 4. The van der Waals surface area contributed by atoms with Gasteiger partial charge in [0.15, 0.2) is 0 Å². The number of hydrogen-bond acceptors (Lipinski definition) is 6. The lowest BCUT2D eigenvalue weighted by atomic mass is 9.71. The number of benzene rings is 4. The molecule has 0 bridgehead atoms. The van der Waals surface area contributed by atoms with Gasteiger partial charge in [-0.2, -0.15) is 0 Å². The van der Waals surface area contributed by atoms with Crippen molar-refractivity contribution in [2.75, 3.05) is 37.7 Å². The molecule has 0 saturated carbocycles. The van der Waals surface area contributed by atoms with E-state index in [0.29, 0.717) is 86.7 Å². The van der Waals surface area contributed by atoms with E-state index in [4.69, 9.17) is 23.2 Å². The second kappa shape index (κ2) is 18.7. The molecule has 0 aromatic heterocycles. The monoisotopic (exact) mass is 928 g/mol. The van der Waals surface area contributed by atoms with Crippen molar-refractivity contribution in [3.05, 3.63) is 140 Å². The Morgan fingerprint density at radius 3 is 1.50 bits per heavy atom. The van der Waals surface area contributed by atoms with Crippen LogP contribution in [0.1, 0.15) is 95.3 Å². The summed E-state index contributed by atoms with van der Waals surface area (Å²) in [6, 6.07) is 23.9. The van der Waals surface area contributed by atoms with Gasteiger partial charge in [0, 0.05) is 54.7 Å². The fraction of sp³-hybridized carbons (Fsp3) is 0.435. The van der Waals surface area contributed by atoms with Crippen LogP contribution in [0.4, 0.5) is 8.78 Å². The number of carbonyl (C=O) groups excluding carboxylic acids is 2. The van der Waals surface area contributed by atoms with Crippen LogP contribution in [0, 0.1) is 11.6 Å². The minimum Gasteiger partial charge on any atom is -0.348 e. The topological polar surface area (TPSA) is 133 Å². The van der Waals surface area contributed by atoms with Crippen LogP contribution in [-0.2, 0) is 43.7 Å². The first-order valence-corrected chi connectivity index (χ1v) is 25.2. The van der Waals surface area contributed by atoms with Gasteiger partial charge in [0.2, 0.25) is 20.0 Å². The van der Waals surface area contributed by atoms with E-state index in [2.05, 4.69) is 22.8 Å². The summed E-state index contributed by atoms with van der Waals surface area (Å²) in [5.41, 5.74) is 3.73. The molecule has 4 aliphatic rings. The van der Waals surface area contributed by atoms with Crippen LogP contribution in [-0.4, -0.2) is 87.0 Å². The molecule has 2 amide bonds. The average Bonchev–Trinajstić information content (AvgIpc) is 3.69. The molecule has 4 aromatic rings. The normalized spacial score (nSPS) is 20.5. The van der Waals surface area contributed by atoms with Gasteiger partial charge in [-0.15, -0.1) is 0 Å². The second-order valence-corrected chi connectivity index (χ2v) is 21.7. The maximum absolute atomic E-state index is 14.2. The lowest BCUT2D eigenvalue weighted by Gasteiger charge is -2.43. The van der Waals surface area contributed by atoms with E-state index in [1.54, 1.807) is 22.5 Å². The molecule has 2 heterocycles. The molecule has 2 saturated heterocycles. The van der Waals surface area contributed by atoms with Crippen molar-refractivity contribution in [1.29, 1.82) is 0 Å². The summed E-state index contributed by atoms with van der Waals surface area (Å²) in [4.78, 5) is 25.9. The Morgan fingerprint density at radius 2 is 1.06 bits per heavy atom. The van der Waals surface area contributed by atoms with Gasteiger partial charge >= 0.3 is 0 Å². The number of carbonyl (C=O) groups is 2. The molecule has 332 valence electrons. The third kappa shape index (κ3) is 9.05. The third-order valence-electron chi connectivity index (χ3n) is 13.2. The Labute approximate surface area is 373 Å². The zero-order chi connectivity index (χ0) is 44.5. The maximum atomic E-state index is 14.2. The first kappa shape index (κ1) is 46.1. The first-order chi connectivity index (χ1) is 29.5. The molecule has 2 N–H and O–H groups in total. The van der Waals surface area contributed by atoms with Crippen LogP contribution in [0.25, 0.3) is 0 Å². The lowest BCUT2D eigenvalue weighted by molar-refractivity contribution is 0.0884. The number of rotatable bonds is 10. The molecule has 16 heteroatoms. The van der Waals surface area contributed by atoms with Gasteiger partial charge in [0.25, 0.3) is 11.8 Å². The molecule has 4 aromatic carbocycles. The largest absolute Gasteiger partial charge is 0.348 e. The molecule has 2 aliphatic carbocycles. The molecule has 62 heavy (non-hydrogen) atoms. The van der Waals surface area contributed by atoms with E-state index < -0.39 is 48.6 Å². The Morgan fingerprint density at radius 1 is 0.629 bits per heavy atom. The van der Waals surface area contributed by atoms with E-state index in [0.717, 1.165) is 29.7 Å². The predicted octanol–water partition coefficient (Wildman–Crippen LogP) is 7.81. The molecule has 8 rings (SSSR count). The fourth-order valence-corrected chi connectivity index (χ4v) is 13.4. The smallest absolute Gasteiger partial charge is 0.257 e. The van der Waals surface area contributed by atoms with E-state index in [-0.39, 0.29) is 34.9 Å². The van der Waals surface area contributed by atoms with Crippen molar-refractivity contribution in [2.45, 2.75) is 88.1 Å². The Hall–Kier alpha value is -3.92. The van der Waals surface area contributed by atoms with Gasteiger partial charge in [-0.1, -0.05) is 91.6 Å². The van der Waals surface area contributed by atoms with Crippen LogP contribution >= 0.6 is 23.2 Å². The number of nitrogens with one attached hydrogen (secondary N) is 2. The first-order valence-electron chi connectivity index (χ1n) is 21.2. The quantitative estimate of drug-likeness (QED) is 0.167. The summed E-state index contributed by atoms with van der Waals surface area (Å²) in [7, 11) is -6.54. The van der Waals surface area contributed by atoms with Crippen LogP contribution in [0.2, 0.25) is 10.0 Å². The maximum Gasteiger partial charge on any atom is 0.257 e. The standard InChI is InChI=1S/C23H26Cl2N2O3S.C23H26F2N2O3S/c1-2-13-31(29,30)27-11-9-23(10-12-27)18-6-4-3-5-16(18)15-21(23)26-22(28)17-7-8-19(24)20(25)14-17;1-2-14-31(29,30)27-12-10-23(11-13-27)17-7-4-3-6-16(17)15-20(23)26-22(28)21-18(24)8-5-9-19(21)25/h3-8,14,21H,2,9-13,15H2,1H3,(H,26,28);3-9,20H,2,10-15H2,1H3,(H,26,28). The summed E-state index contributed by atoms with van der Waals surface area (Å²) in [5, 5.41) is 6.84. The molecule has 2 fully saturated rings. The van der Waals surface area contributed by atoms with Gasteiger partial charge in [0.05, 0.1) is 21.6 Å². The fourth-order valence-electron chi connectivity index (χ4n) is 10.1. The Kier molecular flexibility index (Phi) is 13.9. The van der Waals surface area contributed by atoms with Crippen molar-refractivity contribution in [1.82, 2.24) is 19.2 Å². The van der Waals surface area contributed by atoms with Crippen LogP contribution in [0.5, 0.6) is 0 Å². The average molecular weight is 930 g/mol. The van der Waals surface area contributed by atoms with E-state index in [9.17, 15) is 35.2 Å². The van der Waals surface area contributed by atoms with Crippen molar-refractivity contribution < 1.29 is 35.2 Å². The number of piperidine rings is 2. The molecule has 2 spiro atoms. The number of halogens is 4. The van der Waals surface area contributed by atoms with Gasteiger partial charge in [-0.3, -0.25) is 9.59 Å². The highest BCUT2D eigenvalue weighted by atomic mass is 35.5. The third-order valence-corrected chi connectivity index (χ3v) is 18.1. The number of amides is 2. The van der Waals surface area contributed by atoms with Crippen molar-refractivity contribution >= 4 is 55.1 Å². The summed E-state index contributed by atoms with van der Waals surface area (Å²) in [6.07, 6.45) is 4.87. The zero-order valence-electron chi connectivity index (χ0n) is 34.8. The summed E-state index contributed by atoms with van der Waals surface area (Å²) in [6.45, 7) is 5.37. The van der Waals surface area contributed by atoms with Crippen LogP contribution < -0.4 is 10.6 Å². The summed E-state index contributed by atoms with van der Waals surface area (Å²) < 4.78 is 81.6. The Bertz CT molecular complexity index is 2530. The van der Waals surface area contributed by atoms with Gasteiger partial charge in [-0.25, -0.2) is 34.2 Å². The van der Waals surface area contributed by atoms with Crippen LogP contribution in [0.15, 0.2) is 84.9 Å². The molecule has 2 unspecified atom stereocenters. The number of nitrogens with zero attached hydrogens (tertiary/aromatic N) is 2. The van der Waals surface area contributed by atoms with Crippen LogP contribution in [0.3, 0.4) is 0 Å². The molecule has 2 atom stereocenters. The minimum atomic E-state index is -3.30. The van der Waals surface area contributed by atoms with Crippen molar-refractivity contribution in [3.8, 4) is 0 Å². The zero-order valence-corrected chi connectivity index (χ0v) is 38.0. The minimum absolute atomic E-state index is 0.108. The molecular weight excluding hydrogens is 878 g/mol. The molecule has 2 aliphatic heterocycles. The molecule has 10 nitrogen and oxygen atoms in total. The van der Waals surface area contributed by atoms with Crippen molar-refractivity contribution in [2.24, 2.45) is 0 Å². The summed E-state index contributed by atoms with van der Waals surface area (Å²) in [5.74, 6) is -2.49. The highest BCUT2D eigenvalue weighted by Crippen LogP contribution is 2.48. The van der Waals surface area contributed by atoms with E-state index in [1.807, 2.05) is 50.2 Å². The highest BCUT2D eigenvalue weighted by molar-refractivity contribution is 7.89. The van der Waals surface area contributed by atoms with Gasteiger partial charge < -0.3 is 10.6 Å². The lowest BCUT2D eigenvalue weighted by Crippen LogP contribution is -2.54. The Balaban J connectivity index is 0.000000186. The predicted molar refractivity (Wildman–Crippen MR) is 239 cm³/mol. The van der Waals surface area contributed by atoms with E-state index in [1.165, 1.54) is 21.5 Å². The second-order valence-electron chi connectivity index (χ2n) is 16.7. The van der Waals surface area contributed by atoms with E-state index >= 15 is 0 Å². The molecule has 0 radical (unpaired) electrons. The number of hydrogen-bond donors (Lipinski definition) is 2.